The summed E-state index contributed by atoms with van der Waals surface area (Å²) in [6.07, 6.45) is 2.78. The smallest absolute Gasteiger partial charge is 0.306 e. The number of ether oxygens (including phenoxy) is 1. The first-order chi connectivity index (χ1) is 5.29. The third-order valence-corrected chi connectivity index (χ3v) is 1.62. The molecule has 2 nitrogen and oxygen atoms in total. The lowest BCUT2D eigenvalue weighted by Crippen LogP contribution is -2.03. The zero-order valence-corrected chi connectivity index (χ0v) is 7.72. The molecule has 0 bridgehead atoms. The fourth-order valence-electron chi connectivity index (χ4n) is 1.06. The molecule has 0 amide bonds. The average molecular weight is 158 g/mol. The van der Waals surface area contributed by atoms with Crippen molar-refractivity contribution in [2.75, 3.05) is 6.61 Å². The van der Waals surface area contributed by atoms with Crippen LogP contribution in [0.4, 0.5) is 0 Å². The van der Waals surface area contributed by atoms with Gasteiger partial charge in [-0.1, -0.05) is 20.8 Å². The van der Waals surface area contributed by atoms with E-state index in [0.717, 1.165) is 12.8 Å². The van der Waals surface area contributed by atoms with Gasteiger partial charge in [0.1, 0.15) is 0 Å². The number of rotatable bonds is 0. The molecule has 0 spiro atoms. The SMILES string of the molecule is CC.CC1CCCOC(=O)C1. The highest BCUT2D eigenvalue weighted by Crippen LogP contribution is 2.14. The van der Waals surface area contributed by atoms with Crippen molar-refractivity contribution in [2.24, 2.45) is 5.92 Å². The van der Waals surface area contributed by atoms with Crippen molar-refractivity contribution in [1.82, 2.24) is 0 Å². The van der Waals surface area contributed by atoms with Crippen molar-refractivity contribution in [3.8, 4) is 0 Å². The van der Waals surface area contributed by atoms with Gasteiger partial charge in [0.2, 0.25) is 0 Å². The van der Waals surface area contributed by atoms with Gasteiger partial charge in [0.15, 0.2) is 0 Å². The number of esters is 1. The van der Waals surface area contributed by atoms with E-state index in [1.165, 1.54) is 0 Å². The molecule has 0 N–H and O–H groups in total. The number of carbonyl (C=O) groups is 1. The van der Waals surface area contributed by atoms with Crippen LogP contribution in [0.1, 0.15) is 40.0 Å². The van der Waals surface area contributed by atoms with Crippen molar-refractivity contribution >= 4 is 5.97 Å². The Labute approximate surface area is 68.9 Å². The molecule has 1 rings (SSSR count). The van der Waals surface area contributed by atoms with Crippen molar-refractivity contribution < 1.29 is 9.53 Å². The molecule has 11 heavy (non-hydrogen) atoms. The summed E-state index contributed by atoms with van der Waals surface area (Å²) in [7, 11) is 0. The van der Waals surface area contributed by atoms with Gasteiger partial charge in [0.25, 0.3) is 0 Å². The fraction of sp³-hybridized carbons (Fsp3) is 0.889. The summed E-state index contributed by atoms with van der Waals surface area (Å²) in [6, 6.07) is 0. The van der Waals surface area contributed by atoms with Gasteiger partial charge in [-0.2, -0.15) is 0 Å². The zero-order valence-electron chi connectivity index (χ0n) is 7.72. The van der Waals surface area contributed by atoms with Gasteiger partial charge in [0, 0.05) is 6.42 Å². The Morgan fingerprint density at radius 2 is 2.09 bits per heavy atom. The van der Waals surface area contributed by atoms with E-state index in [-0.39, 0.29) is 5.97 Å². The standard InChI is InChI=1S/C7H12O2.C2H6/c1-6-3-2-4-9-7(8)5-6;1-2/h6H,2-5H2,1H3;1-2H3. The maximum Gasteiger partial charge on any atom is 0.306 e. The summed E-state index contributed by atoms with van der Waals surface area (Å²) in [5.74, 6) is 0.500. The monoisotopic (exact) mass is 158 g/mol. The van der Waals surface area contributed by atoms with Gasteiger partial charge in [-0.05, 0) is 18.8 Å². The Balaban J connectivity index is 0.000000461. The van der Waals surface area contributed by atoms with Crippen LogP contribution in [0.15, 0.2) is 0 Å². The molecule has 0 aromatic rings. The normalized spacial score (nSPS) is 24.3. The van der Waals surface area contributed by atoms with E-state index in [1.54, 1.807) is 0 Å². The molecule has 1 aliphatic rings. The fourth-order valence-corrected chi connectivity index (χ4v) is 1.06. The van der Waals surface area contributed by atoms with E-state index in [0.29, 0.717) is 18.9 Å². The van der Waals surface area contributed by atoms with E-state index in [4.69, 9.17) is 4.74 Å². The summed E-state index contributed by atoms with van der Waals surface area (Å²) in [6.45, 7) is 6.72. The molecule has 0 aliphatic carbocycles. The van der Waals surface area contributed by atoms with Crippen LogP contribution in [-0.4, -0.2) is 12.6 Å². The first-order valence-corrected chi connectivity index (χ1v) is 4.44. The highest BCUT2D eigenvalue weighted by Gasteiger charge is 2.13. The molecule has 1 aliphatic heterocycles. The molecule has 1 atom stereocenters. The highest BCUT2D eigenvalue weighted by molar-refractivity contribution is 5.69. The largest absolute Gasteiger partial charge is 0.466 e. The van der Waals surface area contributed by atoms with Crippen LogP contribution in [0.2, 0.25) is 0 Å². The van der Waals surface area contributed by atoms with E-state index in [1.807, 2.05) is 13.8 Å². The van der Waals surface area contributed by atoms with E-state index in [2.05, 4.69) is 6.92 Å². The highest BCUT2D eigenvalue weighted by atomic mass is 16.5. The second kappa shape index (κ2) is 6.20. The van der Waals surface area contributed by atoms with E-state index in [9.17, 15) is 4.79 Å². The lowest BCUT2D eigenvalue weighted by Gasteiger charge is -2.00. The molecular weight excluding hydrogens is 140 g/mol. The first-order valence-electron chi connectivity index (χ1n) is 4.44. The third kappa shape index (κ3) is 4.82. The van der Waals surface area contributed by atoms with Crippen molar-refractivity contribution in [3.05, 3.63) is 0 Å². The van der Waals surface area contributed by atoms with Gasteiger partial charge in [0.05, 0.1) is 6.61 Å². The minimum atomic E-state index is -0.0278. The number of hydrogen-bond donors (Lipinski definition) is 0. The third-order valence-electron chi connectivity index (χ3n) is 1.62. The van der Waals surface area contributed by atoms with Crippen LogP contribution in [0.3, 0.4) is 0 Å². The first kappa shape index (κ1) is 10.5. The molecule has 0 radical (unpaired) electrons. The van der Waals surface area contributed by atoms with Gasteiger partial charge < -0.3 is 4.74 Å². The van der Waals surface area contributed by atoms with Gasteiger partial charge in [-0.25, -0.2) is 0 Å². The van der Waals surface area contributed by atoms with Crippen LogP contribution < -0.4 is 0 Å². The molecule has 0 aromatic carbocycles. The Morgan fingerprint density at radius 3 is 2.73 bits per heavy atom. The predicted octanol–water partition coefficient (Wildman–Crippen LogP) is 2.38. The summed E-state index contributed by atoms with van der Waals surface area (Å²) in [5, 5.41) is 0. The molecule has 2 heteroatoms. The van der Waals surface area contributed by atoms with Crippen LogP contribution in [0, 0.1) is 5.92 Å². The predicted molar refractivity (Wildman–Crippen MR) is 45.3 cm³/mol. The maximum absolute atomic E-state index is 10.7. The van der Waals surface area contributed by atoms with E-state index >= 15 is 0 Å². The van der Waals surface area contributed by atoms with Crippen molar-refractivity contribution in [2.45, 2.75) is 40.0 Å². The molecule has 66 valence electrons. The van der Waals surface area contributed by atoms with Crippen LogP contribution in [-0.2, 0) is 9.53 Å². The number of cyclic esters (lactones) is 1. The number of hydrogen-bond acceptors (Lipinski definition) is 2. The molecular formula is C9H18O2. The van der Waals surface area contributed by atoms with E-state index < -0.39 is 0 Å². The molecule has 0 saturated carbocycles. The van der Waals surface area contributed by atoms with Gasteiger partial charge >= 0.3 is 5.97 Å². The minimum absolute atomic E-state index is 0.0278. The van der Waals surface area contributed by atoms with Crippen molar-refractivity contribution in [3.63, 3.8) is 0 Å². The Kier molecular flexibility index (Phi) is 5.90. The van der Waals surface area contributed by atoms with Gasteiger partial charge in [-0.3, -0.25) is 4.79 Å². The van der Waals surface area contributed by atoms with Crippen LogP contribution in [0.25, 0.3) is 0 Å². The molecule has 1 heterocycles. The molecule has 1 unspecified atom stereocenters. The Morgan fingerprint density at radius 1 is 1.45 bits per heavy atom. The van der Waals surface area contributed by atoms with Crippen molar-refractivity contribution in [1.29, 1.82) is 0 Å². The average Bonchev–Trinajstić information content (AvgIpc) is 2.18. The molecule has 0 aromatic heterocycles. The summed E-state index contributed by atoms with van der Waals surface area (Å²) in [5.41, 5.74) is 0. The lowest BCUT2D eigenvalue weighted by molar-refractivity contribution is -0.143. The Hall–Kier alpha value is -0.530. The zero-order chi connectivity index (χ0) is 8.69. The van der Waals surface area contributed by atoms with Crippen LogP contribution >= 0.6 is 0 Å². The maximum atomic E-state index is 10.7. The lowest BCUT2D eigenvalue weighted by atomic mass is 10.0. The summed E-state index contributed by atoms with van der Waals surface area (Å²) in [4.78, 5) is 10.7. The summed E-state index contributed by atoms with van der Waals surface area (Å²) < 4.78 is 4.83. The second-order valence-corrected chi connectivity index (χ2v) is 2.67. The second-order valence-electron chi connectivity index (χ2n) is 2.67. The summed E-state index contributed by atoms with van der Waals surface area (Å²) >= 11 is 0. The quantitative estimate of drug-likeness (QED) is 0.506. The molecule has 1 saturated heterocycles. The van der Waals surface area contributed by atoms with Gasteiger partial charge in [-0.15, -0.1) is 0 Å². The number of carbonyl (C=O) groups excluding carboxylic acids is 1. The Bertz CT molecular complexity index is 110. The van der Waals surface area contributed by atoms with Crippen LogP contribution in [0.5, 0.6) is 0 Å². The topological polar surface area (TPSA) is 26.3 Å². The minimum Gasteiger partial charge on any atom is -0.466 e. The molecule has 1 fully saturated rings.